The fourth-order valence-corrected chi connectivity index (χ4v) is 3.36. The van der Waals surface area contributed by atoms with Crippen molar-refractivity contribution in [1.82, 2.24) is 5.32 Å². The normalized spacial score (nSPS) is 12.8. The van der Waals surface area contributed by atoms with Gasteiger partial charge in [0.05, 0.1) is 12.2 Å². The van der Waals surface area contributed by atoms with Crippen molar-refractivity contribution in [3.05, 3.63) is 64.5 Å². The van der Waals surface area contributed by atoms with Crippen molar-refractivity contribution in [2.75, 3.05) is 11.9 Å². The van der Waals surface area contributed by atoms with E-state index in [1.807, 2.05) is 12.1 Å². The standard InChI is InChI=1S/C22H21F3N2O3/c23-16-7-8-17(22(25)21(16)24)27-20(30)12-26-19(29)10-9-18(28)15-6-5-13-3-1-2-4-14(13)11-15/h5-8,11H,1-4,9-10,12H2,(H,26,29)(H,27,30). The predicted molar refractivity (Wildman–Crippen MR) is 105 cm³/mol. The van der Waals surface area contributed by atoms with Gasteiger partial charge in [-0.2, -0.15) is 0 Å². The summed E-state index contributed by atoms with van der Waals surface area (Å²) in [7, 11) is 0. The number of ketones is 1. The van der Waals surface area contributed by atoms with Crippen LogP contribution in [-0.4, -0.2) is 24.1 Å². The molecule has 0 heterocycles. The Morgan fingerprint density at radius 1 is 0.833 bits per heavy atom. The van der Waals surface area contributed by atoms with Gasteiger partial charge in [0, 0.05) is 18.4 Å². The highest BCUT2D eigenvalue weighted by Gasteiger charge is 2.17. The lowest BCUT2D eigenvalue weighted by Gasteiger charge is -2.16. The molecule has 0 aliphatic heterocycles. The zero-order valence-electron chi connectivity index (χ0n) is 16.2. The van der Waals surface area contributed by atoms with E-state index in [1.54, 1.807) is 6.07 Å². The van der Waals surface area contributed by atoms with Gasteiger partial charge in [0.1, 0.15) is 0 Å². The number of rotatable bonds is 7. The molecule has 2 amide bonds. The molecule has 0 atom stereocenters. The van der Waals surface area contributed by atoms with Gasteiger partial charge < -0.3 is 10.6 Å². The Bertz CT molecular complexity index is 992. The number of anilines is 1. The molecule has 30 heavy (non-hydrogen) atoms. The molecule has 0 spiro atoms. The van der Waals surface area contributed by atoms with Gasteiger partial charge in [-0.1, -0.05) is 12.1 Å². The molecule has 2 aromatic carbocycles. The molecule has 2 aromatic rings. The van der Waals surface area contributed by atoms with Gasteiger partial charge in [-0.15, -0.1) is 0 Å². The quantitative estimate of drug-likeness (QED) is 0.532. The van der Waals surface area contributed by atoms with Gasteiger partial charge in [-0.05, 0) is 55.0 Å². The molecule has 0 radical (unpaired) electrons. The van der Waals surface area contributed by atoms with Crippen LogP contribution in [0, 0.1) is 17.5 Å². The van der Waals surface area contributed by atoms with Gasteiger partial charge in [-0.3, -0.25) is 14.4 Å². The average Bonchev–Trinajstić information content (AvgIpc) is 2.76. The summed E-state index contributed by atoms with van der Waals surface area (Å²) in [4.78, 5) is 36.0. The van der Waals surface area contributed by atoms with Crippen LogP contribution in [-0.2, 0) is 22.4 Å². The summed E-state index contributed by atoms with van der Waals surface area (Å²) in [5, 5.41) is 4.36. The zero-order chi connectivity index (χ0) is 21.7. The van der Waals surface area contributed by atoms with Crippen molar-refractivity contribution in [3.8, 4) is 0 Å². The van der Waals surface area contributed by atoms with Crippen molar-refractivity contribution >= 4 is 23.3 Å². The van der Waals surface area contributed by atoms with E-state index < -0.39 is 41.5 Å². The summed E-state index contributed by atoms with van der Waals surface area (Å²) in [5.41, 5.74) is 2.47. The number of amides is 2. The van der Waals surface area contributed by atoms with E-state index in [-0.39, 0.29) is 18.6 Å². The topological polar surface area (TPSA) is 75.3 Å². The highest BCUT2D eigenvalue weighted by Crippen LogP contribution is 2.23. The van der Waals surface area contributed by atoms with Crippen LogP contribution in [0.5, 0.6) is 0 Å². The van der Waals surface area contributed by atoms with Crippen LogP contribution in [0.1, 0.15) is 47.2 Å². The van der Waals surface area contributed by atoms with Crippen molar-refractivity contribution in [3.63, 3.8) is 0 Å². The highest BCUT2D eigenvalue weighted by atomic mass is 19.2. The second kappa shape index (κ2) is 9.56. The van der Waals surface area contributed by atoms with Crippen molar-refractivity contribution in [2.24, 2.45) is 0 Å². The van der Waals surface area contributed by atoms with Crippen molar-refractivity contribution < 1.29 is 27.6 Å². The summed E-state index contributed by atoms with van der Waals surface area (Å²) >= 11 is 0. The molecular weight excluding hydrogens is 397 g/mol. The van der Waals surface area contributed by atoms with E-state index in [0.29, 0.717) is 11.6 Å². The second-order valence-electron chi connectivity index (χ2n) is 7.16. The first-order valence-corrected chi connectivity index (χ1v) is 9.70. The molecule has 0 bridgehead atoms. The lowest BCUT2D eigenvalue weighted by atomic mass is 9.89. The maximum Gasteiger partial charge on any atom is 0.243 e. The third-order valence-corrected chi connectivity index (χ3v) is 5.00. The molecule has 8 heteroatoms. The summed E-state index contributed by atoms with van der Waals surface area (Å²) in [5.74, 6) is -6.09. The largest absolute Gasteiger partial charge is 0.347 e. The van der Waals surface area contributed by atoms with Gasteiger partial charge in [0.25, 0.3) is 0 Å². The summed E-state index contributed by atoms with van der Waals surface area (Å²) in [6, 6.07) is 7.18. The number of aryl methyl sites for hydroxylation is 2. The monoisotopic (exact) mass is 418 g/mol. The first-order chi connectivity index (χ1) is 14.3. The Labute approximate surface area is 171 Å². The molecule has 158 valence electrons. The number of carbonyl (C=O) groups excluding carboxylic acids is 3. The minimum Gasteiger partial charge on any atom is -0.347 e. The molecule has 2 N–H and O–H groups in total. The first-order valence-electron chi connectivity index (χ1n) is 9.70. The van der Waals surface area contributed by atoms with Crippen LogP contribution in [0.2, 0.25) is 0 Å². The lowest BCUT2D eigenvalue weighted by molar-refractivity contribution is -0.124. The van der Waals surface area contributed by atoms with Gasteiger partial charge in [0.15, 0.2) is 23.2 Å². The van der Waals surface area contributed by atoms with E-state index >= 15 is 0 Å². The van der Waals surface area contributed by atoms with Gasteiger partial charge in [-0.25, -0.2) is 13.2 Å². The fraction of sp³-hybridized carbons (Fsp3) is 0.318. The molecular formula is C22H21F3N2O3. The maximum absolute atomic E-state index is 13.5. The lowest BCUT2D eigenvalue weighted by Crippen LogP contribution is -2.33. The second-order valence-corrected chi connectivity index (χ2v) is 7.16. The Morgan fingerprint density at radius 3 is 2.33 bits per heavy atom. The molecule has 1 aliphatic rings. The van der Waals surface area contributed by atoms with Crippen LogP contribution < -0.4 is 10.6 Å². The molecule has 0 saturated carbocycles. The number of Topliss-reactive ketones (excluding diaryl/α,β-unsaturated/α-hetero) is 1. The minimum atomic E-state index is -1.70. The van der Waals surface area contributed by atoms with Crippen molar-refractivity contribution in [2.45, 2.75) is 38.5 Å². The Hall–Kier alpha value is -3.16. The Kier molecular flexibility index (Phi) is 6.87. The van der Waals surface area contributed by atoms with E-state index in [2.05, 4.69) is 10.6 Å². The van der Waals surface area contributed by atoms with Crippen LogP contribution in [0.3, 0.4) is 0 Å². The first kappa shape index (κ1) is 21.5. The molecule has 0 fully saturated rings. The Morgan fingerprint density at radius 2 is 1.57 bits per heavy atom. The van der Waals surface area contributed by atoms with Crippen LogP contribution in [0.4, 0.5) is 18.9 Å². The number of nitrogens with one attached hydrogen (secondary N) is 2. The minimum absolute atomic E-state index is 0.00988. The molecule has 3 rings (SSSR count). The molecule has 0 saturated heterocycles. The van der Waals surface area contributed by atoms with E-state index in [1.165, 1.54) is 11.1 Å². The smallest absolute Gasteiger partial charge is 0.243 e. The summed E-state index contributed by atoms with van der Waals surface area (Å²) in [6.45, 7) is -0.496. The zero-order valence-corrected chi connectivity index (χ0v) is 16.2. The number of carbonyl (C=O) groups is 3. The Balaban J connectivity index is 1.45. The fourth-order valence-electron chi connectivity index (χ4n) is 3.36. The number of halogens is 3. The van der Waals surface area contributed by atoms with Gasteiger partial charge in [0.2, 0.25) is 11.8 Å². The SMILES string of the molecule is O=C(CCC(=O)c1ccc2c(c1)CCCC2)NCC(=O)Nc1ccc(F)c(F)c1F. The highest BCUT2D eigenvalue weighted by molar-refractivity contribution is 5.99. The summed E-state index contributed by atoms with van der Waals surface area (Å²) in [6.07, 6.45) is 4.10. The molecule has 5 nitrogen and oxygen atoms in total. The third-order valence-electron chi connectivity index (χ3n) is 5.00. The van der Waals surface area contributed by atoms with Crippen LogP contribution in [0.25, 0.3) is 0 Å². The van der Waals surface area contributed by atoms with E-state index in [9.17, 15) is 27.6 Å². The van der Waals surface area contributed by atoms with E-state index in [0.717, 1.165) is 31.7 Å². The number of hydrogen-bond acceptors (Lipinski definition) is 3. The van der Waals surface area contributed by atoms with Crippen LogP contribution >= 0.6 is 0 Å². The average molecular weight is 418 g/mol. The maximum atomic E-state index is 13.5. The predicted octanol–water partition coefficient (Wildman–Crippen LogP) is 3.70. The van der Waals surface area contributed by atoms with Crippen LogP contribution in [0.15, 0.2) is 30.3 Å². The third kappa shape index (κ3) is 5.25. The molecule has 0 aromatic heterocycles. The van der Waals surface area contributed by atoms with E-state index in [4.69, 9.17) is 0 Å². The molecule has 1 aliphatic carbocycles. The van der Waals surface area contributed by atoms with Gasteiger partial charge >= 0.3 is 0 Å². The number of fused-ring (bicyclic) bond motifs is 1. The van der Waals surface area contributed by atoms with Crippen molar-refractivity contribution in [1.29, 1.82) is 0 Å². The number of benzene rings is 2. The molecule has 0 unspecified atom stereocenters. The summed E-state index contributed by atoms with van der Waals surface area (Å²) < 4.78 is 39.6. The number of hydrogen-bond donors (Lipinski definition) is 2.